The topological polar surface area (TPSA) is 43.8 Å². The highest BCUT2D eigenvalue weighted by Gasteiger charge is 2.10. The molecule has 0 spiro atoms. The Hall–Kier alpha value is -1.01. The SMILES string of the molecule is Cc1cc(Sc2cc(Br)c(F)cc2N)n(C)n1. The highest BCUT2D eigenvalue weighted by molar-refractivity contribution is 9.10. The zero-order valence-corrected chi connectivity index (χ0v) is 11.8. The van der Waals surface area contributed by atoms with E-state index in [9.17, 15) is 4.39 Å². The first-order valence-corrected chi connectivity index (χ1v) is 6.51. The molecule has 0 unspecified atom stereocenters. The van der Waals surface area contributed by atoms with E-state index in [0.717, 1.165) is 15.6 Å². The van der Waals surface area contributed by atoms with E-state index in [1.807, 2.05) is 20.0 Å². The lowest BCUT2D eigenvalue weighted by molar-refractivity contribution is 0.620. The van der Waals surface area contributed by atoms with Gasteiger partial charge in [-0.1, -0.05) is 11.8 Å². The van der Waals surface area contributed by atoms with Crippen molar-refractivity contribution < 1.29 is 4.39 Å². The van der Waals surface area contributed by atoms with Crippen LogP contribution in [0.1, 0.15) is 5.69 Å². The second-order valence-electron chi connectivity index (χ2n) is 3.65. The Labute approximate surface area is 111 Å². The van der Waals surface area contributed by atoms with Gasteiger partial charge in [0.15, 0.2) is 0 Å². The summed E-state index contributed by atoms with van der Waals surface area (Å²) in [6.45, 7) is 1.92. The molecule has 6 heteroatoms. The third-order valence-electron chi connectivity index (χ3n) is 2.23. The fourth-order valence-corrected chi connectivity index (χ4v) is 2.90. The average Bonchev–Trinajstić information content (AvgIpc) is 2.54. The van der Waals surface area contributed by atoms with Gasteiger partial charge in [-0.3, -0.25) is 4.68 Å². The minimum atomic E-state index is -0.354. The molecule has 0 radical (unpaired) electrons. The Morgan fingerprint density at radius 2 is 2.12 bits per heavy atom. The lowest BCUT2D eigenvalue weighted by atomic mass is 10.3. The maximum Gasteiger partial charge on any atom is 0.139 e. The third kappa shape index (κ3) is 2.63. The number of hydrogen-bond donors (Lipinski definition) is 1. The molecule has 0 saturated carbocycles. The molecule has 2 rings (SSSR count). The molecule has 90 valence electrons. The molecule has 0 aliphatic heterocycles. The number of aromatic nitrogens is 2. The highest BCUT2D eigenvalue weighted by atomic mass is 79.9. The molecule has 0 bridgehead atoms. The lowest BCUT2D eigenvalue weighted by Crippen LogP contribution is -1.95. The molecule has 1 heterocycles. The Morgan fingerprint density at radius 3 is 2.71 bits per heavy atom. The zero-order valence-electron chi connectivity index (χ0n) is 9.37. The summed E-state index contributed by atoms with van der Waals surface area (Å²) in [6, 6.07) is 4.95. The average molecular weight is 316 g/mol. The van der Waals surface area contributed by atoms with E-state index in [4.69, 9.17) is 5.73 Å². The summed E-state index contributed by atoms with van der Waals surface area (Å²) < 4.78 is 15.4. The van der Waals surface area contributed by atoms with E-state index in [0.29, 0.717) is 10.2 Å². The smallest absolute Gasteiger partial charge is 0.139 e. The molecule has 1 aromatic carbocycles. The highest BCUT2D eigenvalue weighted by Crippen LogP contribution is 2.35. The summed E-state index contributed by atoms with van der Waals surface area (Å²) in [5, 5.41) is 5.21. The van der Waals surface area contributed by atoms with Gasteiger partial charge in [-0.15, -0.1) is 0 Å². The number of hydrogen-bond acceptors (Lipinski definition) is 3. The van der Waals surface area contributed by atoms with Crippen LogP contribution in [0.5, 0.6) is 0 Å². The Morgan fingerprint density at radius 1 is 1.41 bits per heavy atom. The molecule has 0 aliphatic rings. The molecule has 3 nitrogen and oxygen atoms in total. The van der Waals surface area contributed by atoms with Gasteiger partial charge in [-0.25, -0.2) is 4.39 Å². The Kier molecular flexibility index (Phi) is 3.44. The molecule has 0 saturated heterocycles. The maximum absolute atomic E-state index is 13.2. The van der Waals surface area contributed by atoms with Gasteiger partial charge < -0.3 is 5.73 Å². The van der Waals surface area contributed by atoms with Crippen LogP contribution in [0.15, 0.2) is 32.6 Å². The Balaban J connectivity index is 2.36. The second kappa shape index (κ2) is 4.70. The number of aryl methyl sites for hydroxylation is 2. The number of nitrogens with two attached hydrogens (primary N) is 1. The normalized spacial score (nSPS) is 10.8. The molecular weight excluding hydrogens is 305 g/mol. The fourth-order valence-electron chi connectivity index (χ4n) is 1.43. The van der Waals surface area contributed by atoms with Crippen molar-refractivity contribution in [2.75, 3.05) is 5.73 Å². The van der Waals surface area contributed by atoms with E-state index in [-0.39, 0.29) is 5.82 Å². The van der Waals surface area contributed by atoms with Crippen molar-refractivity contribution in [3.05, 3.63) is 34.2 Å². The van der Waals surface area contributed by atoms with Crippen molar-refractivity contribution in [1.82, 2.24) is 9.78 Å². The first-order valence-electron chi connectivity index (χ1n) is 4.90. The monoisotopic (exact) mass is 315 g/mol. The summed E-state index contributed by atoms with van der Waals surface area (Å²) in [5.74, 6) is -0.354. The minimum Gasteiger partial charge on any atom is -0.398 e. The first kappa shape index (κ1) is 12.4. The van der Waals surface area contributed by atoms with Crippen molar-refractivity contribution in [2.45, 2.75) is 16.8 Å². The predicted octanol–water partition coefficient (Wildman–Crippen LogP) is 3.36. The summed E-state index contributed by atoms with van der Waals surface area (Å²) in [5.41, 5.74) is 7.15. The number of nitrogens with zero attached hydrogens (tertiary/aromatic N) is 2. The van der Waals surface area contributed by atoms with Crippen LogP contribution in [0.3, 0.4) is 0 Å². The van der Waals surface area contributed by atoms with Gasteiger partial charge in [0.05, 0.1) is 15.2 Å². The number of anilines is 1. The van der Waals surface area contributed by atoms with Gasteiger partial charge in [0, 0.05) is 17.6 Å². The molecule has 0 aliphatic carbocycles. The zero-order chi connectivity index (χ0) is 12.6. The summed E-state index contributed by atoms with van der Waals surface area (Å²) in [7, 11) is 1.87. The number of halogens is 2. The molecule has 17 heavy (non-hydrogen) atoms. The van der Waals surface area contributed by atoms with Crippen molar-refractivity contribution >= 4 is 33.4 Å². The van der Waals surface area contributed by atoms with E-state index in [2.05, 4.69) is 21.0 Å². The molecule has 0 atom stereocenters. The van der Waals surface area contributed by atoms with Gasteiger partial charge >= 0.3 is 0 Å². The molecular formula is C11H11BrFN3S. The number of rotatable bonds is 2. The molecule has 2 N–H and O–H groups in total. The van der Waals surface area contributed by atoms with Gasteiger partial charge in [0.2, 0.25) is 0 Å². The second-order valence-corrected chi connectivity index (χ2v) is 5.57. The van der Waals surface area contributed by atoms with Crippen LogP contribution in [0, 0.1) is 12.7 Å². The summed E-state index contributed by atoms with van der Waals surface area (Å²) in [4.78, 5) is 0.807. The first-order chi connectivity index (χ1) is 7.97. The van der Waals surface area contributed by atoms with E-state index >= 15 is 0 Å². The molecule has 0 fully saturated rings. The van der Waals surface area contributed by atoms with Crippen LogP contribution < -0.4 is 5.73 Å². The predicted molar refractivity (Wildman–Crippen MR) is 70.6 cm³/mol. The third-order valence-corrected chi connectivity index (χ3v) is 4.00. The summed E-state index contributed by atoms with van der Waals surface area (Å²) in [6.07, 6.45) is 0. The lowest BCUT2D eigenvalue weighted by Gasteiger charge is -2.06. The van der Waals surface area contributed by atoms with Crippen LogP contribution in [-0.2, 0) is 7.05 Å². The largest absolute Gasteiger partial charge is 0.398 e. The van der Waals surface area contributed by atoms with Crippen LogP contribution in [0.2, 0.25) is 0 Å². The van der Waals surface area contributed by atoms with E-state index in [1.54, 1.807) is 10.7 Å². The molecule has 0 amide bonds. The van der Waals surface area contributed by atoms with Crippen molar-refractivity contribution in [3.63, 3.8) is 0 Å². The van der Waals surface area contributed by atoms with Crippen molar-refractivity contribution in [1.29, 1.82) is 0 Å². The fraction of sp³-hybridized carbons (Fsp3) is 0.182. The number of nitrogen functional groups attached to an aromatic ring is 1. The quantitative estimate of drug-likeness (QED) is 0.864. The minimum absolute atomic E-state index is 0.354. The van der Waals surface area contributed by atoms with Gasteiger partial charge in [0.1, 0.15) is 5.82 Å². The molecule has 2 aromatic rings. The van der Waals surface area contributed by atoms with Crippen LogP contribution in [0.25, 0.3) is 0 Å². The van der Waals surface area contributed by atoms with Crippen LogP contribution in [-0.4, -0.2) is 9.78 Å². The van der Waals surface area contributed by atoms with Crippen LogP contribution >= 0.6 is 27.7 Å². The Bertz CT molecular complexity index is 568. The van der Waals surface area contributed by atoms with Gasteiger partial charge in [-0.05, 0) is 41.1 Å². The maximum atomic E-state index is 13.2. The number of benzene rings is 1. The summed E-state index contributed by atoms with van der Waals surface area (Å²) >= 11 is 4.61. The van der Waals surface area contributed by atoms with E-state index in [1.165, 1.54) is 17.8 Å². The van der Waals surface area contributed by atoms with Crippen molar-refractivity contribution in [2.24, 2.45) is 7.05 Å². The molecule has 1 aromatic heterocycles. The standard InChI is InChI=1S/C11H11BrFN3S/c1-6-3-11(16(2)15-6)17-10-4-7(12)8(13)5-9(10)14/h3-5H,14H2,1-2H3. The van der Waals surface area contributed by atoms with Crippen LogP contribution in [0.4, 0.5) is 10.1 Å². The van der Waals surface area contributed by atoms with Gasteiger partial charge in [-0.2, -0.15) is 5.10 Å². The van der Waals surface area contributed by atoms with Gasteiger partial charge in [0.25, 0.3) is 0 Å². The van der Waals surface area contributed by atoms with E-state index < -0.39 is 0 Å². The van der Waals surface area contributed by atoms with Crippen molar-refractivity contribution in [3.8, 4) is 0 Å².